The number of nitrogens with one attached hydrogen (secondary N) is 2. The molecule has 0 aromatic carbocycles. The number of urea groups is 1. The van der Waals surface area contributed by atoms with Gasteiger partial charge in [-0.2, -0.15) is 11.8 Å². The third-order valence-electron chi connectivity index (χ3n) is 3.01. The van der Waals surface area contributed by atoms with E-state index in [-0.39, 0.29) is 11.4 Å². The van der Waals surface area contributed by atoms with Crippen LogP contribution < -0.4 is 10.6 Å². The van der Waals surface area contributed by atoms with Gasteiger partial charge in [0.25, 0.3) is 0 Å². The van der Waals surface area contributed by atoms with Gasteiger partial charge in [-0.15, -0.1) is 0 Å². The summed E-state index contributed by atoms with van der Waals surface area (Å²) in [7, 11) is 0. The molecule has 0 saturated carbocycles. The molecule has 3 N–H and O–H groups in total. The SMILES string of the molecule is CSC(C)(C)CNC(=O)NC1(C(=O)O)CCOC1. The van der Waals surface area contributed by atoms with Crippen LogP contribution in [0.5, 0.6) is 0 Å². The van der Waals surface area contributed by atoms with Gasteiger partial charge in [-0.3, -0.25) is 0 Å². The number of amides is 2. The molecule has 0 radical (unpaired) electrons. The smallest absolute Gasteiger partial charge is 0.332 e. The van der Waals surface area contributed by atoms with Gasteiger partial charge in [0.1, 0.15) is 0 Å². The Kier molecular flexibility index (Phi) is 4.86. The summed E-state index contributed by atoms with van der Waals surface area (Å²) >= 11 is 1.63. The minimum Gasteiger partial charge on any atom is -0.479 e. The summed E-state index contributed by atoms with van der Waals surface area (Å²) in [6.45, 7) is 4.84. The van der Waals surface area contributed by atoms with Crippen LogP contribution in [0.2, 0.25) is 0 Å². The molecule has 1 aliphatic rings. The van der Waals surface area contributed by atoms with Crippen molar-refractivity contribution in [1.82, 2.24) is 10.6 Å². The van der Waals surface area contributed by atoms with E-state index in [1.165, 1.54) is 0 Å². The zero-order chi connectivity index (χ0) is 13.8. The lowest BCUT2D eigenvalue weighted by Crippen LogP contribution is -2.58. The molecular formula is C11H20N2O4S. The number of rotatable bonds is 5. The van der Waals surface area contributed by atoms with Gasteiger partial charge in [-0.1, -0.05) is 0 Å². The number of aliphatic carboxylic acids is 1. The van der Waals surface area contributed by atoms with Gasteiger partial charge in [-0.25, -0.2) is 9.59 Å². The second-order valence-corrected chi connectivity index (χ2v) is 6.47. The molecule has 1 unspecified atom stereocenters. The number of carbonyl (C=O) groups is 2. The molecule has 0 bridgehead atoms. The molecule has 0 aromatic rings. The molecule has 0 aromatic heterocycles. The predicted molar refractivity (Wildman–Crippen MR) is 69.9 cm³/mol. The van der Waals surface area contributed by atoms with Crippen molar-refractivity contribution >= 4 is 23.8 Å². The zero-order valence-corrected chi connectivity index (χ0v) is 11.7. The molecule has 104 valence electrons. The molecule has 1 heterocycles. The predicted octanol–water partition coefficient (Wildman–Crippen LogP) is 0.671. The maximum Gasteiger partial charge on any atom is 0.332 e. The van der Waals surface area contributed by atoms with Crippen molar-refractivity contribution in [3.63, 3.8) is 0 Å². The number of carboxylic acid groups (broad SMARTS) is 1. The van der Waals surface area contributed by atoms with Crippen LogP contribution in [0.15, 0.2) is 0 Å². The van der Waals surface area contributed by atoms with Crippen LogP contribution in [0.3, 0.4) is 0 Å². The van der Waals surface area contributed by atoms with Crippen LogP contribution in [0.25, 0.3) is 0 Å². The van der Waals surface area contributed by atoms with Crippen molar-refractivity contribution in [1.29, 1.82) is 0 Å². The van der Waals surface area contributed by atoms with E-state index in [4.69, 9.17) is 9.84 Å². The molecule has 1 atom stereocenters. The molecule has 2 amide bonds. The van der Waals surface area contributed by atoms with Gasteiger partial charge < -0.3 is 20.5 Å². The third-order valence-corrected chi connectivity index (χ3v) is 4.26. The molecule has 18 heavy (non-hydrogen) atoms. The van der Waals surface area contributed by atoms with Crippen molar-refractivity contribution in [3.8, 4) is 0 Å². The van der Waals surface area contributed by atoms with Crippen molar-refractivity contribution in [2.75, 3.05) is 26.0 Å². The highest BCUT2D eigenvalue weighted by Gasteiger charge is 2.44. The van der Waals surface area contributed by atoms with Crippen LogP contribution in [-0.4, -0.2) is 53.4 Å². The molecule has 6 nitrogen and oxygen atoms in total. The Hall–Kier alpha value is -0.950. The molecule has 0 spiro atoms. The van der Waals surface area contributed by atoms with Crippen molar-refractivity contribution < 1.29 is 19.4 Å². The second-order valence-electron chi connectivity index (χ2n) is 4.96. The molecule has 7 heteroatoms. The number of carboxylic acids is 1. The van der Waals surface area contributed by atoms with E-state index in [0.717, 1.165) is 0 Å². The van der Waals surface area contributed by atoms with E-state index in [1.807, 2.05) is 20.1 Å². The summed E-state index contributed by atoms with van der Waals surface area (Å²) in [4.78, 5) is 22.9. The van der Waals surface area contributed by atoms with E-state index in [1.54, 1.807) is 11.8 Å². The van der Waals surface area contributed by atoms with Crippen LogP contribution in [0, 0.1) is 0 Å². The monoisotopic (exact) mass is 276 g/mol. The molecular weight excluding hydrogens is 256 g/mol. The summed E-state index contributed by atoms with van der Waals surface area (Å²) in [5.41, 5.74) is -1.28. The number of hydrogen-bond acceptors (Lipinski definition) is 4. The topological polar surface area (TPSA) is 87.7 Å². The second kappa shape index (κ2) is 5.79. The Morgan fingerprint density at radius 2 is 2.17 bits per heavy atom. The standard InChI is InChI=1S/C11H20N2O4S/c1-10(2,18-3)6-12-9(16)13-11(8(14)15)4-5-17-7-11/h4-7H2,1-3H3,(H,14,15)(H2,12,13,16). The van der Waals surface area contributed by atoms with Gasteiger partial charge in [0.2, 0.25) is 0 Å². The molecule has 1 rings (SSSR count). The van der Waals surface area contributed by atoms with E-state index >= 15 is 0 Å². The molecule has 1 aliphatic heterocycles. The number of thioether (sulfide) groups is 1. The van der Waals surface area contributed by atoms with E-state index < -0.39 is 17.5 Å². The lowest BCUT2D eigenvalue weighted by Gasteiger charge is -2.26. The fraction of sp³-hybridized carbons (Fsp3) is 0.818. The Labute approximate surface area is 111 Å². The number of carbonyl (C=O) groups excluding carboxylic acids is 1. The van der Waals surface area contributed by atoms with Crippen LogP contribution in [-0.2, 0) is 9.53 Å². The van der Waals surface area contributed by atoms with Crippen molar-refractivity contribution in [2.24, 2.45) is 0 Å². The Morgan fingerprint density at radius 3 is 2.61 bits per heavy atom. The summed E-state index contributed by atoms with van der Waals surface area (Å²) in [5, 5.41) is 14.4. The largest absolute Gasteiger partial charge is 0.479 e. The fourth-order valence-electron chi connectivity index (χ4n) is 1.51. The first-order valence-corrected chi connectivity index (χ1v) is 6.96. The first-order valence-electron chi connectivity index (χ1n) is 5.74. The van der Waals surface area contributed by atoms with E-state index in [0.29, 0.717) is 19.6 Å². The summed E-state index contributed by atoms with van der Waals surface area (Å²) < 4.78 is 4.98. The van der Waals surface area contributed by atoms with Crippen LogP contribution in [0.4, 0.5) is 4.79 Å². The lowest BCUT2D eigenvalue weighted by molar-refractivity contribution is -0.144. The Balaban J connectivity index is 2.51. The summed E-state index contributed by atoms with van der Waals surface area (Å²) in [6, 6.07) is -0.468. The van der Waals surface area contributed by atoms with Crippen LogP contribution >= 0.6 is 11.8 Å². The normalized spacial score (nSPS) is 23.7. The maximum absolute atomic E-state index is 11.7. The van der Waals surface area contributed by atoms with Gasteiger partial charge in [-0.05, 0) is 20.1 Å². The highest BCUT2D eigenvalue weighted by atomic mass is 32.2. The van der Waals surface area contributed by atoms with Gasteiger partial charge in [0, 0.05) is 24.3 Å². The zero-order valence-electron chi connectivity index (χ0n) is 10.9. The highest BCUT2D eigenvalue weighted by molar-refractivity contribution is 7.99. The fourth-order valence-corrected chi connectivity index (χ4v) is 1.73. The quantitative estimate of drug-likeness (QED) is 0.687. The highest BCUT2D eigenvalue weighted by Crippen LogP contribution is 2.20. The molecule has 0 aliphatic carbocycles. The number of ether oxygens (including phenoxy) is 1. The Bertz CT molecular complexity index is 327. The molecule has 1 fully saturated rings. The minimum atomic E-state index is -1.28. The van der Waals surface area contributed by atoms with Gasteiger partial charge in [0.05, 0.1) is 6.61 Å². The average Bonchev–Trinajstić information content (AvgIpc) is 2.76. The van der Waals surface area contributed by atoms with Gasteiger partial charge >= 0.3 is 12.0 Å². The van der Waals surface area contributed by atoms with Crippen molar-refractivity contribution in [2.45, 2.75) is 30.6 Å². The number of hydrogen-bond donors (Lipinski definition) is 3. The van der Waals surface area contributed by atoms with E-state index in [2.05, 4.69) is 10.6 Å². The summed E-state index contributed by atoms with van der Waals surface area (Å²) in [5.74, 6) is -1.06. The first-order chi connectivity index (χ1) is 8.31. The lowest BCUT2D eigenvalue weighted by atomic mass is 9.99. The third kappa shape index (κ3) is 3.78. The average molecular weight is 276 g/mol. The first kappa shape index (κ1) is 15.1. The minimum absolute atomic E-state index is 0.0155. The van der Waals surface area contributed by atoms with Crippen LogP contribution in [0.1, 0.15) is 20.3 Å². The maximum atomic E-state index is 11.7. The molecule has 1 saturated heterocycles. The summed E-state index contributed by atoms with van der Waals surface area (Å²) in [6.07, 6.45) is 2.25. The van der Waals surface area contributed by atoms with E-state index in [9.17, 15) is 9.59 Å². The van der Waals surface area contributed by atoms with Gasteiger partial charge in [0.15, 0.2) is 5.54 Å². The van der Waals surface area contributed by atoms with Crippen molar-refractivity contribution in [3.05, 3.63) is 0 Å². The Morgan fingerprint density at radius 1 is 1.50 bits per heavy atom.